The Morgan fingerprint density at radius 1 is 1.08 bits per heavy atom. The highest BCUT2D eigenvalue weighted by Crippen LogP contribution is 2.28. The lowest BCUT2D eigenvalue weighted by Crippen LogP contribution is -2.32. The van der Waals surface area contributed by atoms with E-state index in [1.54, 1.807) is 32.4 Å². The van der Waals surface area contributed by atoms with Crippen molar-refractivity contribution >= 4 is 0 Å². The third kappa shape index (κ3) is 4.69. The van der Waals surface area contributed by atoms with Crippen molar-refractivity contribution in [2.45, 2.75) is 25.5 Å². The van der Waals surface area contributed by atoms with Crippen LogP contribution in [0.25, 0.3) is 0 Å². The molecule has 0 amide bonds. The standard InChI is InChI=1S/C19H24FNO3/c1-13(10-14-8-9-18(23-2)19(11-14)24-3)21-12-17(22)15-6-4-5-7-16(15)20/h4-9,11,13,17,21-22H,10,12H2,1-3H3/t13-,17+/m1/s1. The van der Waals surface area contributed by atoms with Crippen molar-refractivity contribution in [3.8, 4) is 11.5 Å². The number of hydrogen-bond donors (Lipinski definition) is 2. The topological polar surface area (TPSA) is 50.7 Å². The molecule has 0 bridgehead atoms. The molecule has 0 spiro atoms. The predicted octanol–water partition coefficient (Wildman–Crippen LogP) is 3.10. The number of aliphatic hydroxyl groups is 1. The number of methoxy groups -OCH3 is 2. The van der Waals surface area contributed by atoms with Crippen LogP contribution in [0.3, 0.4) is 0 Å². The van der Waals surface area contributed by atoms with Gasteiger partial charge in [0.25, 0.3) is 0 Å². The van der Waals surface area contributed by atoms with Gasteiger partial charge in [-0.3, -0.25) is 0 Å². The number of halogens is 1. The first-order valence-corrected chi connectivity index (χ1v) is 7.92. The van der Waals surface area contributed by atoms with E-state index in [4.69, 9.17) is 9.47 Å². The molecule has 5 heteroatoms. The van der Waals surface area contributed by atoms with Crippen molar-refractivity contribution in [3.63, 3.8) is 0 Å². The van der Waals surface area contributed by atoms with Crippen LogP contribution in [0.5, 0.6) is 11.5 Å². The number of hydrogen-bond acceptors (Lipinski definition) is 4. The van der Waals surface area contributed by atoms with Gasteiger partial charge in [0.05, 0.1) is 20.3 Å². The minimum atomic E-state index is -0.876. The fourth-order valence-corrected chi connectivity index (χ4v) is 2.60. The maximum absolute atomic E-state index is 13.7. The highest BCUT2D eigenvalue weighted by molar-refractivity contribution is 5.43. The smallest absolute Gasteiger partial charge is 0.160 e. The average Bonchev–Trinajstić information content (AvgIpc) is 2.60. The Kier molecular flexibility index (Phi) is 6.58. The monoisotopic (exact) mass is 333 g/mol. The molecule has 0 saturated heterocycles. The van der Waals surface area contributed by atoms with Gasteiger partial charge in [0, 0.05) is 18.2 Å². The Morgan fingerprint density at radius 2 is 1.79 bits per heavy atom. The maximum atomic E-state index is 13.7. The third-order valence-corrected chi connectivity index (χ3v) is 3.91. The molecule has 0 aliphatic carbocycles. The molecule has 2 aromatic carbocycles. The molecular weight excluding hydrogens is 309 g/mol. The van der Waals surface area contributed by atoms with Gasteiger partial charge in [0.15, 0.2) is 11.5 Å². The molecule has 2 atom stereocenters. The predicted molar refractivity (Wildman–Crippen MR) is 92.1 cm³/mol. The summed E-state index contributed by atoms with van der Waals surface area (Å²) >= 11 is 0. The summed E-state index contributed by atoms with van der Waals surface area (Å²) in [7, 11) is 3.21. The molecule has 0 aromatic heterocycles. The second-order valence-corrected chi connectivity index (χ2v) is 5.74. The quantitative estimate of drug-likeness (QED) is 0.779. The molecule has 2 N–H and O–H groups in total. The molecule has 0 fully saturated rings. The van der Waals surface area contributed by atoms with Crippen LogP contribution >= 0.6 is 0 Å². The molecule has 0 aliphatic heterocycles. The Morgan fingerprint density at radius 3 is 2.46 bits per heavy atom. The maximum Gasteiger partial charge on any atom is 0.160 e. The Bertz CT molecular complexity index is 663. The van der Waals surface area contributed by atoms with Crippen LogP contribution in [-0.2, 0) is 6.42 Å². The zero-order valence-electron chi connectivity index (χ0n) is 14.3. The van der Waals surface area contributed by atoms with E-state index >= 15 is 0 Å². The fraction of sp³-hybridized carbons (Fsp3) is 0.368. The van der Waals surface area contributed by atoms with Crippen LogP contribution in [-0.4, -0.2) is 31.9 Å². The van der Waals surface area contributed by atoms with Crippen LogP contribution in [0.15, 0.2) is 42.5 Å². The summed E-state index contributed by atoms with van der Waals surface area (Å²) in [6.45, 7) is 2.31. The third-order valence-electron chi connectivity index (χ3n) is 3.91. The molecule has 2 aromatic rings. The van der Waals surface area contributed by atoms with Gasteiger partial charge < -0.3 is 19.9 Å². The van der Waals surface area contributed by atoms with Crippen LogP contribution in [0.2, 0.25) is 0 Å². The van der Waals surface area contributed by atoms with Gasteiger partial charge in [-0.05, 0) is 37.1 Å². The van der Waals surface area contributed by atoms with Crippen LogP contribution < -0.4 is 14.8 Å². The van der Waals surface area contributed by atoms with Gasteiger partial charge in [-0.25, -0.2) is 4.39 Å². The lowest BCUT2D eigenvalue weighted by molar-refractivity contribution is 0.166. The van der Waals surface area contributed by atoms with Gasteiger partial charge in [0.2, 0.25) is 0 Å². The second-order valence-electron chi connectivity index (χ2n) is 5.74. The van der Waals surface area contributed by atoms with Crippen LogP contribution in [0.4, 0.5) is 4.39 Å². The molecular formula is C19H24FNO3. The van der Waals surface area contributed by atoms with Gasteiger partial charge in [-0.2, -0.15) is 0 Å². The molecule has 0 saturated carbocycles. The Balaban J connectivity index is 1.91. The van der Waals surface area contributed by atoms with Gasteiger partial charge in [-0.15, -0.1) is 0 Å². The van der Waals surface area contributed by atoms with E-state index in [9.17, 15) is 9.50 Å². The van der Waals surface area contributed by atoms with E-state index in [0.29, 0.717) is 17.1 Å². The Labute approximate surface area is 142 Å². The first-order valence-electron chi connectivity index (χ1n) is 7.92. The van der Waals surface area contributed by atoms with Crippen molar-refractivity contribution in [2.75, 3.05) is 20.8 Å². The highest BCUT2D eigenvalue weighted by Gasteiger charge is 2.14. The lowest BCUT2D eigenvalue weighted by Gasteiger charge is -2.18. The van der Waals surface area contributed by atoms with Crippen LogP contribution in [0, 0.1) is 5.82 Å². The van der Waals surface area contributed by atoms with Crippen molar-refractivity contribution < 1.29 is 19.0 Å². The van der Waals surface area contributed by atoms with Crippen molar-refractivity contribution in [1.29, 1.82) is 0 Å². The van der Waals surface area contributed by atoms with Crippen molar-refractivity contribution in [1.82, 2.24) is 5.32 Å². The molecule has 0 radical (unpaired) electrons. The van der Waals surface area contributed by atoms with E-state index in [1.165, 1.54) is 6.07 Å². The van der Waals surface area contributed by atoms with E-state index in [-0.39, 0.29) is 18.4 Å². The van der Waals surface area contributed by atoms with E-state index in [0.717, 1.165) is 12.0 Å². The summed E-state index contributed by atoms with van der Waals surface area (Å²) in [4.78, 5) is 0. The van der Waals surface area contributed by atoms with Gasteiger partial charge in [0.1, 0.15) is 5.82 Å². The average molecular weight is 333 g/mol. The molecule has 0 heterocycles. The summed E-state index contributed by atoms with van der Waals surface area (Å²) in [5.41, 5.74) is 1.40. The Hall–Kier alpha value is -2.11. The van der Waals surface area contributed by atoms with Crippen LogP contribution in [0.1, 0.15) is 24.2 Å². The number of ether oxygens (including phenoxy) is 2. The SMILES string of the molecule is COc1ccc(C[C@@H](C)NC[C@H](O)c2ccccc2F)cc1OC. The fourth-order valence-electron chi connectivity index (χ4n) is 2.60. The number of rotatable bonds is 8. The van der Waals surface area contributed by atoms with E-state index in [1.807, 2.05) is 25.1 Å². The minimum absolute atomic E-state index is 0.115. The van der Waals surface area contributed by atoms with Crippen molar-refractivity contribution in [2.24, 2.45) is 0 Å². The molecule has 0 aliphatic rings. The lowest BCUT2D eigenvalue weighted by atomic mass is 10.1. The first kappa shape index (κ1) is 18.2. The van der Waals surface area contributed by atoms with E-state index in [2.05, 4.69) is 5.32 Å². The minimum Gasteiger partial charge on any atom is -0.493 e. The number of nitrogens with one attached hydrogen (secondary N) is 1. The molecule has 130 valence electrons. The van der Waals surface area contributed by atoms with Crippen molar-refractivity contribution in [3.05, 3.63) is 59.4 Å². The molecule has 2 rings (SSSR count). The summed E-state index contributed by atoms with van der Waals surface area (Å²) in [5, 5.41) is 13.4. The largest absolute Gasteiger partial charge is 0.493 e. The molecule has 24 heavy (non-hydrogen) atoms. The summed E-state index contributed by atoms with van der Waals surface area (Å²) in [5.74, 6) is 0.991. The zero-order valence-corrected chi connectivity index (χ0v) is 14.3. The summed E-state index contributed by atoms with van der Waals surface area (Å²) in [6, 6.07) is 12.2. The van der Waals surface area contributed by atoms with Gasteiger partial charge >= 0.3 is 0 Å². The van der Waals surface area contributed by atoms with E-state index < -0.39 is 6.10 Å². The highest BCUT2D eigenvalue weighted by atomic mass is 19.1. The summed E-state index contributed by atoms with van der Waals surface area (Å²) < 4.78 is 24.2. The number of benzene rings is 2. The zero-order chi connectivity index (χ0) is 17.5. The summed E-state index contributed by atoms with van der Waals surface area (Å²) in [6.07, 6.45) is -0.122. The van der Waals surface area contributed by atoms with Gasteiger partial charge in [-0.1, -0.05) is 24.3 Å². The number of aliphatic hydroxyl groups excluding tert-OH is 1. The normalized spacial score (nSPS) is 13.4. The molecule has 0 unspecified atom stereocenters. The second kappa shape index (κ2) is 8.66. The molecule has 4 nitrogen and oxygen atoms in total. The first-order chi connectivity index (χ1) is 11.5.